The van der Waals surface area contributed by atoms with Gasteiger partial charge in [0, 0.05) is 5.92 Å². The molecule has 0 aromatic rings. The van der Waals surface area contributed by atoms with E-state index < -0.39 is 12.7 Å². The van der Waals surface area contributed by atoms with Crippen LogP contribution in [0.25, 0.3) is 0 Å². The van der Waals surface area contributed by atoms with Gasteiger partial charge in [0.05, 0.1) is 6.61 Å². The third-order valence-corrected chi connectivity index (χ3v) is 3.89. The molecule has 0 spiro atoms. The molecule has 1 fully saturated rings. The number of hydrogen-bond donors (Lipinski definition) is 2. The fourth-order valence-electron chi connectivity index (χ4n) is 2.87. The van der Waals surface area contributed by atoms with Crippen LogP contribution in [0.4, 0.5) is 0 Å². The zero-order valence-corrected chi connectivity index (χ0v) is 10.5. The third kappa shape index (κ3) is 3.05. The standard InChI is InChI=1S/C13H24O3/c1-8(2)10-5-4-9(3)6-11(10)13(16)12(15)7-14/h8-12,14-15H,4-7H2,1-3H3. The SMILES string of the molecule is CC1CCC(C(C)C)C(C(=O)C(O)CO)C1. The Labute approximate surface area is 97.9 Å². The lowest BCUT2D eigenvalue weighted by atomic mass is 9.68. The summed E-state index contributed by atoms with van der Waals surface area (Å²) < 4.78 is 0. The summed E-state index contributed by atoms with van der Waals surface area (Å²) >= 11 is 0. The lowest BCUT2D eigenvalue weighted by Crippen LogP contribution is -2.40. The van der Waals surface area contributed by atoms with E-state index in [-0.39, 0.29) is 11.7 Å². The van der Waals surface area contributed by atoms with Gasteiger partial charge in [0.15, 0.2) is 5.78 Å². The summed E-state index contributed by atoms with van der Waals surface area (Å²) in [7, 11) is 0. The molecule has 0 aromatic heterocycles. The first-order valence-corrected chi connectivity index (χ1v) is 6.30. The molecule has 94 valence electrons. The van der Waals surface area contributed by atoms with Gasteiger partial charge in [-0.1, -0.05) is 27.2 Å². The first-order chi connectivity index (χ1) is 7.47. The van der Waals surface area contributed by atoms with E-state index in [0.717, 1.165) is 12.8 Å². The van der Waals surface area contributed by atoms with Gasteiger partial charge in [-0.3, -0.25) is 4.79 Å². The number of Topliss-reactive ketones (excluding diaryl/α,β-unsaturated/α-hetero) is 1. The molecule has 0 saturated heterocycles. The van der Waals surface area contributed by atoms with Gasteiger partial charge in [-0.2, -0.15) is 0 Å². The summed E-state index contributed by atoms with van der Waals surface area (Å²) in [5.41, 5.74) is 0. The zero-order valence-electron chi connectivity index (χ0n) is 10.5. The molecule has 0 amide bonds. The average molecular weight is 228 g/mol. The predicted octanol–water partition coefficient (Wildman–Crippen LogP) is 1.62. The monoisotopic (exact) mass is 228 g/mol. The number of carbonyl (C=O) groups excluding carboxylic acids is 1. The Morgan fingerprint density at radius 3 is 2.50 bits per heavy atom. The van der Waals surface area contributed by atoms with Gasteiger partial charge < -0.3 is 10.2 Å². The zero-order chi connectivity index (χ0) is 12.3. The molecule has 16 heavy (non-hydrogen) atoms. The van der Waals surface area contributed by atoms with Gasteiger partial charge in [0.2, 0.25) is 0 Å². The Bertz CT molecular complexity index is 237. The second-order valence-corrected chi connectivity index (χ2v) is 5.53. The highest BCUT2D eigenvalue weighted by Gasteiger charge is 2.37. The van der Waals surface area contributed by atoms with Crippen molar-refractivity contribution in [1.29, 1.82) is 0 Å². The molecular formula is C13H24O3. The Morgan fingerprint density at radius 2 is 2.00 bits per heavy atom. The van der Waals surface area contributed by atoms with Crippen LogP contribution in [-0.4, -0.2) is 28.7 Å². The molecule has 4 unspecified atom stereocenters. The molecule has 0 aliphatic heterocycles. The Hall–Kier alpha value is -0.410. The molecule has 1 rings (SSSR count). The van der Waals surface area contributed by atoms with E-state index in [9.17, 15) is 9.90 Å². The van der Waals surface area contributed by atoms with E-state index in [1.165, 1.54) is 6.42 Å². The van der Waals surface area contributed by atoms with Crippen LogP contribution in [0.2, 0.25) is 0 Å². The Kier molecular flexibility index (Phi) is 4.93. The van der Waals surface area contributed by atoms with E-state index in [2.05, 4.69) is 20.8 Å². The van der Waals surface area contributed by atoms with E-state index >= 15 is 0 Å². The highest BCUT2D eigenvalue weighted by atomic mass is 16.3. The highest BCUT2D eigenvalue weighted by molar-refractivity contribution is 5.85. The third-order valence-electron chi connectivity index (χ3n) is 3.89. The largest absolute Gasteiger partial charge is 0.393 e. The van der Waals surface area contributed by atoms with E-state index in [4.69, 9.17) is 5.11 Å². The van der Waals surface area contributed by atoms with Crippen LogP contribution in [0.3, 0.4) is 0 Å². The van der Waals surface area contributed by atoms with Crippen LogP contribution in [-0.2, 0) is 4.79 Å². The molecule has 1 aliphatic carbocycles. The van der Waals surface area contributed by atoms with Crippen molar-refractivity contribution in [2.75, 3.05) is 6.61 Å². The van der Waals surface area contributed by atoms with Gasteiger partial charge in [-0.05, 0) is 30.6 Å². The van der Waals surface area contributed by atoms with Crippen molar-refractivity contribution < 1.29 is 15.0 Å². The summed E-state index contributed by atoms with van der Waals surface area (Å²) in [4.78, 5) is 12.0. The van der Waals surface area contributed by atoms with Crippen LogP contribution < -0.4 is 0 Å². The van der Waals surface area contributed by atoms with Gasteiger partial charge in [-0.25, -0.2) is 0 Å². The molecule has 1 aliphatic rings. The second-order valence-electron chi connectivity index (χ2n) is 5.53. The van der Waals surface area contributed by atoms with Crippen LogP contribution in [0.5, 0.6) is 0 Å². The normalized spacial score (nSPS) is 32.8. The molecule has 1 saturated carbocycles. The molecular weight excluding hydrogens is 204 g/mol. The van der Waals surface area contributed by atoms with Crippen LogP contribution in [0.1, 0.15) is 40.0 Å². The maximum absolute atomic E-state index is 12.0. The first-order valence-electron chi connectivity index (χ1n) is 6.30. The van der Waals surface area contributed by atoms with Crippen molar-refractivity contribution in [3.8, 4) is 0 Å². The number of rotatable bonds is 4. The minimum absolute atomic E-state index is 0.0640. The van der Waals surface area contributed by atoms with Gasteiger partial charge in [0.25, 0.3) is 0 Å². The molecule has 2 N–H and O–H groups in total. The summed E-state index contributed by atoms with van der Waals surface area (Å²) in [6.45, 7) is 5.97. The Morgan fingerprint density at radius 1 is 1.38 bits per heavy atom. The van der Waals surface area contributed by atoms with E-state index in [1.807, 2.05) is 0 Å². The van der Waals surface area contributed by atoms with Crippen molar-refractivity contribution in [2.24, 2.45) is 23.7 Å². The molecule has 0 radical (unpaired) electrons. The summed E-state index contributed by atoms with van der Waals surface area (Å²) in [6.07, 6.45) is 1.91. The summed E-state index contributed by atoms with van der Waals surface area (Å²) in [5, 5.41) is 18.3. The van der Waals surface area contributed by atoms with E-state index in [1.54, 1.807) is 0 Å². The minimum atomic E-state index is -1.18. The first kappa shape index (κ1) is 13.7. The van der Waals surface area contributed by atoms with Crippen molar-refractivity contribution in [1.82, 2.24) is 0 Å². The van der Waals surface area contributed by atoms with Crippen molar-refractivity contribution in [3.05, 3.63) is 0 Å². The van der Waals surface area contributed by atoms with Gasteiger partial charge in [0.1, 0.15) is 6.10 Å². The van der Waals surface area contributed by atoms with Crippen LogP contribution in [0, 0.1) is 23.7 Å². The number of ketones is 1. The molecule has 0 bridgehead atoms. The predicted molar refractivity (Wildman–Crippen MR) is 62.9 cm³/mol. The fourth-order valence-corrected chi connectivity index (χ4v) is 2.87. The quantitative estimate of drug-likeness (QED) is 0.768. The average Bonchev–Trinajstić information content (AvgIpc) is 2.26. The lowest BCUT2D eigenvalue weighted by Gasteiger charge is -2.37. The number of carbonyl (C=O) groups is 1. The number of hydrogen-bond acceptors (Lipinski definition) is 3. The second kappa shape index (κ2) is 5.78. The maximum atomic E-state index is 12.0. The molecule has 0 aromatic carbocycles. The van der Waals surface area contributed by atoms with Crippen molar-refractivity contribution >= 4 is 5.78 Å². The smallest absolute Gasteiger partial charge is 0.166 e. The Balaban J connectivity index is 2.74. The van der Waals surface area contributed by atoms with Crippen LogP contribution >= 0.6 is 0 Å². The van der Waals surface area contributed by atoms with Crippen molar-refractivity contribution in [3.63, 3.8) is 0 Å². The highest BCUT2D eigenvalue weighted by Crippen LogP contribution is 2.38. The van der Waals surface area contributed by atoms with Crippen LogP contribution in [0.15, 0.2) is 0 Å². The molecule has 3 heteroatoms. The lowest BCUT2D eigenvalue weighted by molar-refractivity contribution is -0.137. The fraction of sp³-hybridized carbons (Fsp3) is 0.923. The maximum Gasteiger partial charge on any atom is 0.166 e. The molecule has 0 heterocycles. The minimum Gasteiger partial charge on any atom is -0.393 e. The number of aliphatic hydroxyl groups excluding tert-OH is 2. The van der Waals surface area contributed by atoms with Gasteiger partial charge in [-0.15, -0.1) is 0 Å². The van der Waals surface area contributed by atoms with Crippen molar-refractivity contribution in [2.45, 2.75) is 46.1 Å². The van der Waals surface area contributed by atoms with E-state index in [0.29, 0.717) is 17.8 Å². The van der Waals surface area contributed by atoms with Gasteiger partial charge >= 0.3 is 0 Å². The molecule has 3 nitrogen and oxygen atoms in total. The topological polar surface area (TPSA) is 57.5 Å². The summed E-state index contributed by atoms with van der Waals surface area (Å²) in [6, 6.07) is 0. The summed E-state index contributed by atoms with van der Waals surface area (Å²) in [5.74, 6) is 1.16. The molecule has 4 atom stereocenters. The number of aliphatic hydroxyl groups is 2.